The molecule has 12 rings (SSSR count). The van der Waals surface area contributed by atoms with Gasteiger partial charge in [-0.2, -0.15) is 0 Å². The van der Waals surface area contributed by atoms with Crippen molar-refractivity contribution in [3.8, 4) is 50.3 Å². The number of aromatic nitrogens is 8. The van der Waals surface area contributed by atoms with E-state index in [-0.39, 0.29) is 77.8 Å². The molecule has 4 N–H and O–H groups in total. The van der Waals surface area contributed by atoms with Crippen LogP contribution in [0.4, 0.5) is 5.69 Å². The fourth-order valence-electron chi connectivity index (χ4n) is 9.89. The van der Waals surface area contributed by atoms with Crippen molar-refractivity contribution in [2.45, 2.75) is 0 Å². The molecule has 0 atom stereocenters. The summed E-state index contributed by atoms with van der Waals surface area (Å²) < 4.78 is 11.6. The summed E-state index contributed by atoms with van der Waals surface area (Å²) in [5, 5.41) is 9.13. The van der Waals surface area contributed by atoms with Crippen molar-refractivity contribution < 1.29 is 95.2 Å². The van der Waals surface area contributed by atoms with Gasteiger partial charge < -0.3 is 97.3 Å². The second-order valence-corrected chi connectivity index (χ2v) is 19.0. The van der Waals surface area contributed by atoms with Crippen LogP contribution in [-0.4, -0.2) is 51.0 Å². The predicted octanol–water partition coefficient (Wildman–Crippen LogP) is 2.01. The van der Waals surface area contributed by atoms with E-state index in [4.69, 9.17) is 31.3 Å². The first-order valence-electron chi connectivity index (χ1n) is 24.4. The third-order valence-corrected chi connectivity index (χ3v) is 13.9. The number of methoxy groups -OCH3 is 1. The third kappa shape index (κ3) is 10.9. The van der Waals surface area contributed by atoms with Crippen molar-refractivity contribution in [3.05, 3.63) is 192 Å². The van der Waals surface area contributed by atoms with Crippen LogP contribution < -0.4 is 101 Å². The second kappa shape index (κ2) is 23.3. The first kappa shape index (κ1) is 54.7. The number of nitrogens with zero attached hydrogens (tertiary/aromatic N) is 6. The van der Waals surface area contributed by atoms with Crippen molar-refractivity contribution in [1.29, 1.82) is 0 Å². The topological polar surface area (TPSA) is 132 Å². The predicted molar refractivity (Wildman–Crippen MR) is 296 cm³/mol. The van der Waals surface area contributed by atoms with E-state index < -0.39 is 0 Å². The highest BCUT2D eigenvalue weighted by Gasteiger charge is 2.21. The molecule has 12 nitrogen and oxygen atoms in total. The van der Waals surface area contributed by atoms with Gasteiger partial charge >= 0.3 is 0 Å². The summed E-state index contributed by atoms with van der Waals surface area (Å²) in [6.07, 6.45) is 20.7. The summed E-state index contributed by atoms with van der Waals surface area (Å²) in [6, 6.07) is 40.5. The van der Waals surface area contributed by atoms with Gasteiger partial charge in [-0.05, 0) is 119 Å². The molecule has 0 radical (unpaired) electrons. The fourth-order valence-corrected chi connectivity index (χ4v) is 10.1. The van der Waals surface area contributed by atoms with E-state index in [9.17, 15) is 4.79 Å². The molecule has 2 aliphatic heterocycles. The molecule has 0 unspecified atom stereocenters. The van der Waals surface area contributed by atoms with Gasteiger partial charge in [-0.25, -0.2) is 28.7 Å². The molecule has 2 aliphatic rings. The summed E-state index contributed by atoms with van der Waals surface area (Å²) in [5.41, 5.74) is 17.6. The zero-order chi connectivity index (χ0) is 50.5. The smallest absolute Gasteiger partial charge is 0.251 e. The van der Waals surface area contributed by atoms with Gasteiger partial charge in [0, 0.05) is 115 Å². The normalized spacial score (nSPS) is 11.4. The van der Waals surface area contributed by atoms with Gasteiger partial charge in [-0.1, -0.05) is 23.7 Å². The Hall–Kier alpha value is -7.07. The zero-order valence-electron chi connectivity index (χ0n) is 42.2. The van der Waals surface area contributed by atoms with Gasteiger partial charge in [0.05, 0.1) is 46.6 Å². The van der Waals surface area contributed by atoms with E-state index in [0.717, 1.165) is 123 Å². The molecule has 3 aromatic carbocycles. The summed E-state index contributed by atoms with van der Waals surface area (Å²) >= 11 is 6.38. The third-order valence-electron chi connectivity index (χ3n) is 13.6. The highest BCUT2D eigenvalue weighted by Crippen LogP contribution is 2.39. The Morgan fingerprint density at radius 2 is 0.948 bits per heavy atom. The Kier molecular flexibility index (Phi) is 16.5. The molecule has 0 aliphatic carbocycles. The van der Waals surface area contributed by atoms with Crippen LogP contribution in [0.5, 0.6) is 5.75 Å². The number of pyridine rings is 4. The number of nitrogens with one attached hydrogen (secondary N) is 4. The summed E-state index contributed by atoms with van der Waals surface area (Å²) in [5.74, 6) is 0.540. The van der Waals surface area contributed by atoms with Crippen molar-refractivity contribution in [2.24, 2.45) is 21.1 Å². The number of hydrogen-bond donors (Lipinski definition) is 4. The molecule has 0 saturated carbocycles. The number of halogens is 4. The summed E-state index contributed by atoms with van der Waals surface area (Å²) in [4.78, 5) is 37.2. The van der Waals surface area contributed by atoms with Gasteiger partial charge in [0.2, 0.25) is 0 Å². The van der Waals surface area contributed by atoms with Gasteiger partial charge in [-0.15, -0.1) is 0 Å². The van der Waals surface area contributed by atoms with Crippen LogP contribution in [0.25, 0.3) is 113 Å². The molecule has 0 saturated heterocycles. The minimum absolute atomic E-state index is 0. The second-order valence-electron chi connectivity index (χ2n) is 18.6. The average molecular weight is 1370 g/mol. The van der Waals surface area contributed by atoms with E-state index in [1.54, 1.807) is 7.11 Å². The summed E-state index contributed by atoms with van der Waals surface area (Å²) in [6.45, 7) is 0.837. The van der Waals surface area contributed by atoms with Crippen molar-refractivity contribution in [1.82, 2.24) is 30.2 Å². The van der Waals surface area contributed by atoms with Gasteiger partial charge in [0.1, 0.15) is 26.9 Å². The zero-order valence-corrected chi connectivity index (χ0v) is 49.5. The molecule has 0 spiro atoms. The van der Waals surface area contributed by atoms with Crippen LogP contribution >= 0.6 is 11.6 Å². The quantitative estimate of drug-likeness (QED) is 0.0719. The molecule has 16 heteroatoms. The largest absolute Gasteiger partial charge is 1.00 e. The van der Waals surface area contributed by atoms with Crippen LogP contribution in [0.3, 0.4) is 0 Å². The molecule has 8 bridgehead atoms. The fraction of sp³-hybridized carbons (Fsp3) is 0.0984. The average Bonchev–Trinajstić information content (AvgIpc) is 4.29. The standard InChI is InChI=1S/C61H48ClN10O2.3HI/c1-70-29-21-38(22-30-70)57-49-15-13-47(66-49)56(37-5-7-41(8-6-37)61(73)64-28-27-63-60-44-11-9-42(62)35-55(44)65-46-12-10-43(74-4)36-45(46)60)48-14-16-50(67-48)58(39-23-31-71(2)32-24-39)52-18-20-54(69-52)59(53-19-17-51(57)68-53)40-25-33-72(3)34-26-40;;;/h5-26,29-36H,27-28H2,1-4H3,(H2-,63,64,65,66,67,68,69,73);3*1H/q+1;;;/p-1. The molecule has 7 aromatic heterocycles. The number of fused-ring (bicyclic) bond motifs is 10. The van der Waals surface area contributed by atoms with Crippen LogP contribution in [0.15, 0.2) is 159 Å². The van der Waals surface area contributed by atoms with E-state index in [1.165, 1.54) is 0 Å². The molecular weight excluding hydrogens is 1320 g/mol. The monoisotopic (exact) mass is 1370 g/mol. The Morgan fingerprint density at radius 3 is 1.39 bits per heavy atom. The number of carbonyl (C=O) groups excluding carboxylic acids is 1. The highest BCUT2D eigenvalue weighted by atomic mass is 127. The van der Waals surface area contributed by atoms with Crippen molar-refractivity contribution in [2.75, 3.05) is 25.5 Å². The minimum atomic E-state index is -0.185. The number of hydrogen-bond acceptors (Lipinski definition) is 6. The highest BCUT2D eigenvalue weighted by molar-refractivity contribution is 6.31. The summed E-state index contributed by atoms with van der Waals surface area (Å²) in [7, 11) is 7.70. The Labute approximate surface area is 501 Å². The first-order chi connectivity index (χ1) is 36.1. The molecule has 10 aromatic rings. The van der Waals surface area contributed by atoms with E-state index in [1.807, 2.05) is 95.5 Å². The lowest BCUT2D eigenvalue weighted by Crippen LogP contribution is -3.00. The lowest BCUT2D eigenvalue weighted by atomic mass is 10.0. The van der Waals surface area contributed by atoms with E-state index in [0.29, 0.717) is 23.7 Å². The molecule has 1 amide bonds. The van der Waals surface area contributed by atoms with Crippen LogP contribution in [0, 0.1) is 0 Å². The van der Waals surface area contributed by atoms with Gasteiger partial charge in [-0.3, -0.25) is 4.79 Å². The molecular formula is C61H50ClI3N10O2. The Bertz CT molecular complexity index is 4080. The first-order valence-corrected chi connectivity index (χ1v) is 24.7. The Morgan fingerprint density at radius 1 is 0.506 bits per heavy atom. The number of anilines is 1. The van der Waals surface area contributed by atoms with Gasteiger partial charge in [0.15, 0.2) is 37.2 Å². The molecule has 0 fully saturated rings. The number of ether oxygens (including phenoxy) is 1. The van der Waals surface area contributed by atoms with Crippen LogP contribution in [0.2, 0.25) is 5.02 Å². The lowest BCUT2D eigenvalue weighted by molar-refractivity contribution is -0.671. The number of carbonyl (C=O) groups is 1. The van der Waals surface area contributed by atoms with Crippen molar-refractivity contribution >= 4 is 91.4 Å². The van der Waals surface area contributed by atoms with Crippen molar-refractivity contribution in [3.63, 3.8) is 0 Å². The Balaban J connectivity index is 0.00000241. The maximum atomic E-state index is 13.8. The molecule has 384 valence electrons. The number of H-pyrrole nitrogens is 2. The molecule has 9 heterocycles. The minimum Gasteiger partial charge on any atom is -1.00 e. The number of aromatic amines is 2. The maximum Gasteiger partial charge on any atom is 0.251 e. The van der Waals surface area contributed by atoms with Gasteiger partial charge in [0.25, 0.3) is 5.91 Å². The number of benzene rings is 3. The van der Waals surface area contributed by atoms with Crippen LogP contribution in [0.1, 0.15) is 33.1 Å². The molecule has 77 heavy (non-hydrogen) atoms. The van der Waals surface area contributed by atoms with E-state index >= 15 is 0 Å². The van der Waals surface area contributed by atoms with Crippen LogP contribution in [-0.2, 0) is 21.1 Å². The maximum absolute atomic E-state index is 13.8. The SMILES string of the molecule is COc1ccc2nc3cc(Cl)ccc3c(NCCNC(=O)c3ccc(-c4c5nc(c(-c6cc[n+](C)cc6)c6ccc([nH]6)c(-c6cc[n+](C)cc6)c6nc(c(-c7cc[n+](C)cc7)c7ccc4[nH]7)C=C6)C=C5)cc3)c2c1.[I-].[I-].[I-]. The number of amides is 1. The van der Waals surface area contributed by atoms with E-state index in [2.05, 4.69) is 143 Å². The number of aryl methyl sites for hydroxylation is 3. The number of rotatable bonds is 10. The lowest BCUT2D eigenvalue weighted by Gasteiger charge is -2.15.